The van der Waals surface area contributed by atoms with Crippen molar-refractivity contribution in [1.82, 2.24) is 10.2 Å². The molecule has 0 bridgehead atoms. The van der Waals surface area contributed by atoms with E-state index in [0.717, 1.165) is 20.0 Å². The van der Waals surface area contributed by atoms with Gasteiger partial charge in [-0.1, -0.05) is 0 Å². The van der Waals surface area contributed by atoms with E-state index in [0.29, 0.717) is 6.04 Å². The quantitative estimate of drug-likeness (QED) is 0.719. The second-order valence-electron chi connectivity index (χ2n) is 4.92. The van der Waals surface area contributed by atoms with Gasteiger partial charge in [-0.2, -0.15) is 0 Å². The number of rotatable bonds is 1. The van der Waals surface area contributed by atoms with Gasteiger partial charge in [-0.25, -0.2) is 4.79 Å². The van der Waals surface area contributed by atoms with Gasteiger partial charge in [-0.3, -0.25) is 4.79 Å². The van der Waals surface area contributed by atoms with Crippen molar-refractivity contribution in [2.24, 2.45) is 0 Å². The van der Waals surface area contributed by atoms with Crippen LogP contribution in [-0.4, -0.2) is 53.8 Å². The van der Waals surface area contributed by atoms with Gasteiger partial charge in [0.25, 0.3) is 5.97 Å². The summed E-state index contributed by atoms with van der Waals surface area (Å²) in [6, 6.07) is 0.301. The second kappa shape index (κ2) is 6.44. The molecule has 100 valence electrons. The molecule has 1 aliphatic rings. The first-order chi connectivity index (χ1) is 7.63. The summed E-state index contributed by atoms with van der Waals surface area (Å²) in [4.78, 5) is 22.1. The third-order valence-corrected chi connectivity index (χ3v) is 1.99. The summed E-state index contributed by atoms with van der Waals surface area (Å²) in [6.45, 7) is 8.44. The number of hydrogen-bond acceptors (Lipinski definition) is 4. The number of hydrogen-bond donors (Lipinski definition) is 2. The summed E-state index contributed by atoms with van der Waals surface area (Å²) in [7, 11) is 1.78. The summed E-state index contributed by atoms with van der Waals surface area (Å²) in [5.41, 5.74) is -0.400. The molecule has 0 aromatic rings. The summed E-state index contributed by atoms with van der Waals surface area (Å²) in [5.74, 6) is -0.833. The highest BCUT2D eigenvalue weighted by molar-refractivity contribution is 5.68. The Bertz CT molecular complexity index is 265. The fraction of sp³-hybridized carbons (Fsp3) is 0.818. The van der Waals surface area contributed by atoms with Crippen LogP contribution in [0.1, 0.15) is 27.7 Å². The molecule has 1 rings (SSSR count). The molecule has 1 amide bonds. The van der Waals surface area contributed by atoms with Crippen LogP contribution in [0.2, 0.25) is 0 Å². The lowest BCUT2D eigenvalue weighted by Gasteiger charge is -2.36. The number of carbonyl (C=O) groups excluding carboxylic acids is 1. The van der Waals surface area contributed by atoms with Crippen molar-refractivity contribution in [3.63, 3.8) is 0 Å². The van der Waals surface area contributed by atoms with E-state index in [9.17, 15) is 4.79 Å². The van der Waals surface area contributed by atoms with Crippen LogP contribution in [0.15, 0.2) is 0 Å². The first kappa shape index (κ1) is 15.7. The number of aliphatic carboxylic acids is 1. The van der Waals surface area contributed by atoms with Crippen molar-refractivity contribution in [3.05, 3.63) is 0 Å². The maximum Gasteiger partial charge on any atom is 0.410 e. The van der Waals surface area contributed by atoms with E-state index in [-0.39, 0.29) is 6.09 Å². The number of nitrogens with one attached hydrogen (secondary N) is 1. The molecule has 2 N–H and O–H groups in total. The maximum absolute atomic E-state index is 11.5. The fourth-order valence-corrected chi connectivity index (χ4v) is 1.03. The van der Waals surface area contributed by atoms with E-state index in [2.05, 4.69) is 5.32 Å². The molecule has 0 radical (unpaired) electrons. The monoisotopic (exact) mass is 246 g/mol. The van der Waals surface area contributed by atoms with Crippen LogP contribution in [0.3, 0.4) is 0 Å². The van der Waals surface area contributed by atoms with Crippen molar-refractivity contribution >= 4 is 12.1 Å². The summed E-state index contributed by atoms with van der Waals surface area (Å²) < 4.78 is 5.22. The van der Waals surface area contributed by atoms with Gasteiger partial charge in [-0.15, -0.1) is 0 Å². The fourth-order valence-electron chi connectivity index (χ4n) is 1.03. The summed E-state index contributed by atoms with van der Waals surface area (Å²) in [5, 5.41) is 10.5. The van der Waals surface area contributed by atoms with Gasteiger partial charge in [0.1, 0.15) is 5.60 Å². The largest absolute Gasteiger partial charge is 0.481 e. The Morgan fingerprint density at radius 2 is 1.76 bits per heavy atom. The zero-order valence-electron chi connectivity index (χ0n) is 11.1. The number of likely N-dealkylation sites (N-methyl/N-ethyl adjacent to an activating group) is 1. The Morgan fingerprint density at radius 3 is 2.00 bits per heavy atom. The molecule has 0 aromatic heterocycles. The third-order valence-electron chi connectivity index (χ3n) is 1.99. The number of ether oxygens (including phenoxy) is 1. The Labute approximate surface area is 102 Å². The van der Waals surface area contributed by atoms with E-state index in [1.54, 1.807) is 11.9 Å². The van der Waals surface area contributed by atoms with Crippen molar-refractivity contribution in [3.8, 4) is 0 Å². The van der Waals surface area contributed by atoms with Crippen LogP contribution in [0, 0.1) is 0 Å². The van der Waals surface area contributed by atoms with Crippen LogP contribution < -0.4 is 5.32 Å². The van der Waals surface area contributed by atoms with Gasteiger partial charge >= 0.3 is 6.09 Å². The minimum Gasteiger partial charge on any atom is -0.481 e. The zero-order valence-corrected chi connectivity index (χ0v) is 11.1. The number of carboxylic acids is 1. The molecule has 0 unspecified atom stereocenters. The van der Waals surface area contributed by atoms with Crippen LogP contribution in [0.5, 0.6) is 0 Å². The van der Waals surface area contributed by atoms with Gasteiger partial charge in [0, 0.05) is 27.1 Å². The van der Waals surface area contributed by atoms with Crippen molar-refractivity contribution < 1.29 is 19.4 Å². The topological polar surface area (TPSA) is 78.9 Å². The minimum atomic E-state index is -0.833. The van der Waals surface area contributed by atoms with Crippen LogP contribution >= 0.6 is 0 Å². The molecule has 1 fully saturated rings. The zero-order chi connectivity index (χ0) is 13.6. The lowest BCUT2D eigenvalue weighted by Crippen LogP contribution is -2.58. The maximum atomic E-state index is 11.5. The molecule has 1 heterocycles. The number of carboxylic acid groups (broad SMARTS) is 1. The molecule has 6 nitrogen and oxygen atoms in total. The summed E-state index contributed by atoms with van der Waals surface area (Å²) in [6.07, 6.45) is -0.237. The molecule has 0 saturated carbocycles. The predicted octanol–water partition coefficient (Wildman–Crippen LogP) is 0.916. The van der Waals surface area contributed by atoms with Crippen LogP contribution in [0.25, 0.3) is 0 Å². The lowest BCUT2D eigenvalue weighted by molar-refractivity contribution is -0.134. The first-order valence-electron chi connectivity index (χ1n) is 5.49. The van der Waals surface area contributed by atoms with Gasteiger partial charge in [-0.05, 0) is 20.8 Å². The Hall–Kier alpha value is -1.30. The molecule has 17 heavy (non-hydrogen) atoms. The first-order valence-corrected chi connectivity index (χ1v) is 5.49. The van der Waals surface area contributed by atoms with Gasteiger partial charge in [0.05, 0.1) is 6.04 Å². The number of carbonyl (C=O) groups is 2. The molecule has 0 aromatic carbocycles. The highest BCUT2D eigenvalue weighted by Crippen LogP contribution is 2.11. The van der Waals surface area contributed by atoms with E-state index >= 15 is 0 Å². The second-order valence-corrected chi connectivity index (χ2v) is 4.92. The van der Waals surface area contributed by atoms with Gasteiger partial charge in [0.15, 0.2) is 0 Å². The third kappa shape index (κ3) is 7.57. The molecule has 6 heteroatoms. The number of amides is 1. The molecular weight excluding hydrogens is 224 g/mol. The van der Waals surface area contributed by atoms with Crippen LogP contribution in [-0.2, 0) is 9.53 Å². The molecule has 1 saturated heterocycles. The van der Waals surface area contributed by atoms with Gasteiger partial charge < -0.3 is 20.1 Å². The molecule has 0 aliphatic carbocycles. The normalized spacial score (nSPS) is 15.1. The Kier molecular flexibility index (Phi) is 5.95. The molecule has 0 atom stereocenters. The Balaban J connectivity index is 0.000000557. The molecule has 0 spiro atoms. The molecule has 1 aliphatic heterocycles. The van der Waals surface area contributed by atoms with Gasteiger partial charge in [0.2, 0.25) is 0 Å². The highest BCUT2D eigenvalue weighted by Gasteiger charge is 2.28. The average molecular weight is 246 g/mol. The standard InChI is InChI=1S/C9H18N2O2.C2H4O2/c1-9(2,3)13-8(12)11(4)7-5-10-6-7;1-2(3)4/h7,10H,5-6H2,1-4H3;1H3,(H,3,4). The van der Waals surface area contributed by atoms with E-state index in [4.69, 9.17) is 14.6 Å². The van der Waals surface area contributed by atoms with E-state index in [1.807, 2.05) is 20.8 Å². The predicted molar refractivity (Wildman–Crippen MR) is 64.0 cm³/mol. The lowest BCUT2D eigenvalue weighted by atomic mass is 10.1. The van der Waals surface area contributed by atoms with Crippen molar-refractivity contribution in [2.75, 3.05) is 20.1 Å². The van der Waals surface area contributed by atoms with E-state index in [1.165, 1.54) is 0 Å². The Morgan fingerprint density at radius 1 is 1.35 bits per heavy atom. The summed E-state index contributed by atoms with van der Waals surface area (Å²) >= 11 is 0. The van der Waals surface area contributed by atoms with E-state index < -0.39 is 11.6 Å². The molecular formula is C11H22N2O4. The van der Waals surface area contributed by atoms with Crippen molar-refractivity contribution in [2.45, 2.75) is 39.3 Å². The van der Waals surface area contributed by atoms with Crippen molar-refractivity contribution in [1.29, 1.82) is 0 Å². The SMILES string of the molecule is CC(=O)O.CN(C(=O)OC(C)(C)C)C1CNC1. The number of nitrogens with zero attached hydrogens (tertiary/aromatic N) is 1. The average Bonchev–Trinajstić information content (AvgIpc) is 1.95. The smallest absolute Gasteiger partial charge is 0.410 e. The van der Waals surface area contributed by atoms with Crippen LogP contribution in [0.4, 0.5) is 4.79 Å². The highest BCUT2D eigenvalue weighted by atomic mass is 16.6. The minimum absolute atomic E-state index is 0.237.